The minimum absolute atomic E-state index is 0.223. The van der Waals surface area contributed by atoms with E-state index in [-0.39, 0.29) is 6.04 Å². The molecule has 0 bridgehead atoms. The Morgan fingerprint density at radius 1 is 0.905 bits per heavy atom. The largest absolute Gasteiger partial charge is 0.492 e. The molecule has 0 saturated heterocycles. The Morgan fingerprint density at radius 3 is 2.14 bits per heavy atom. The molecule has 0 aliphatic carbocycles. The van der Waals surface area contributed by atoms with Crippen molar-refractivity contribution in [2.24, 2.45) is 0 Å². The summed E-state index contributed by atoms with van der Waals surface area (Å²) in [5.74, 6) is 1.48. The Morgan fingerprint density at radius 2 is 1.57 bits per heavy atom. The third-order valence-corrected chi connectivity index (χ3v) is 3.62. The van der Waals surface area contributed by atoms with Gasteiger partial charge in [-0.3, -0.25) is 0 Å². The number of rotatable bonds is 7. The molecule has 0 aromatic heterocycles. The molecule has 0 radical (unpaired) electrons. The number of nitrogens with one attached hydrogen (secondary N) is 1. The molecule has 0 aliphatic heterocycles. The van der Waals surface area contributed by atoms with E-state index < -0.39 is 0 Å². The van der Waals surface area contributed by atoms with Crippen molar-refractivity contribution in [1.29, 1.82) is 0 Å². The van der Waals surface area contributed by atoms with Gasteiger partial charge in [-0.05, 0) is 35.7 Å². The van der Waals surface area contributed by atoms with Gasteiger partial charge in [0.05, 0.1) is 6.04 Å². The van der Waals surface area contributed by atoms with Crippen LogP contribution < -0.4 is 10.1 Å². The zero-order valence-electron chi connectivity index (χ0n) is 13.2. The zero-order valence-corrected chi connectivity index (χ0v) is 13.2. The van der Waals surface area contributed by atoms with E-state index in [1.807, 2.05) is 6.07 Å². The fourth-order valence-electron chi connectivity index (χ4n) is 2.33. The summed E-state index contributed by atoms with van der Waals surface area (Å²) in [5, 5.41) is 3.47. The minimum atomic E-state index is 0.223. The highest BCUT2D eigenvalue weighted by Gasteiger charge is 2.10. The lowest BCUT2D eigenvalue weighted by molar-refractivity contribution is 0.268. The lowest BCUT2D eigenvalue weighted by atomic mass is 10.0. The van der Waals surface area contributed by atoms with Crippen LogP contribution in [0.15, 0.2) is 54.6 Å². The summed E-state index contributed by atoms with van der Waals surface area (Å²) < 4.78 is 5.95. The summed E-state index contributed by atoms with van der Waals surface area (Å²) in [6, 6.07) is 19.1. The van der Waals surface area contributed by atoms with Crippen LogP contribution in [0.2, 0.25) is 0 Å². The van der Waals surface area contributed by atoms with Crippen LogP contribution >= 0.6 is 0 Å². The van der Waals surface area contributed by atoms with Gasteiger partial charge in [0.1, 0.15) is 12.4 Å². The molecule has 112 valence electrons. The summed E-state index contributed by atoms with van der Waals surface area (Å²) in [7, 11) is 0. The maximum absolute atomic E-state index is 5.95. The van der Waals surface area contributed by atoms with Crippen molar-refractivity contribution in [1.82, 2.24) is 5.32 Å². The highest BCUT2D eigenvalue weighted by atomic mass is 16.5. The second-order valence-corrected chi connectivity index (χ2v) is 5.56. The van der Waals surface area contributed by atoms with Crippen LogP contribution in [0.25, 0.3) is 0 Å². The first-order valence-electron chi connectivity index (χ1n) is 7.71. The van der Waals surface area contributed by atoms with Crippen molar-refractivity contribution < 1.29 is 4.74 Å². The van der Waals surface area contributed by atoms with Crippen molar-refractivity contribution in [3.63, 3.8) is 0 Å². The Balaban J connectivity index is 1.98. The molecule has 2 heteroatoms. The van der Waals surface area contributed by atoms with Crippen LogP contribution in [0, 0.1) is 0 Å². The van der Waals surface area contributed by atoms with E-state index in [1.165, 1.54) is 11.1 Å². The van der Waals surface area contributed by atoms with E-state index in [9.17, 15) is 0 Å². The van der Waals surface area contributed by atoms with Crippen LogP contribution in [-0.2, 0) is 0 Å². The summed E-state index contributed by atoms with van der Waals surface area (Å²) in [4.78, 5) is 0. The van der Waals surface area contributed by atoms with E-state index in [0.29, 0.717) is 12.5 Å². The average Bonchev–Trinajstić information content (AvgIpc) is 2.52. The summed E-state index contributed by atoms with van der Waals surface area (Å²) in [6.07, 6.45) is 0. The van der Waals surface area contributed by atoms with Crippen molar-refractivity contribution >= 4 is 0 Å². The molecule has 0 saturated carbocycles. The number of hydrogen-bond donors (Lipinski definition) is 1. The van der Waals surface area contributed by atoms with Crippen molar-refractivity contribution in [2.75, 3.05) is 13.2 Å². The van der Waals surface area contributed by atoms with Gasteiger partial charge in [-0.2, -0.15) is 0 Å². The summed E-state index contributed by atoms with van der Waals surface area (Å²) in [5.41, 5.74) is 2.60. The van der Waals surface area contributed by atoms with Gasteiger partial charge in [-0.25, -0.2) is 0 Å². The van der Waals surface area contributed by atoms with Crippen LogP contribution in [0.4, 0.5) is 0 Å². The van der Waals surface area contributed by atoms with E-state index in [1.54, 1.807) is 0 Å². The SMILES string of the molecule is CCNC(COc1ccc(C(C)C)cc1)c1ccccc1. The zero-order chi connectivity index (χ0) is 15.1. The third kappa shape index (κ3) is 4.61. The quantitative estimate of drug-likeness (QED) is 0.805. The number of ether oxygens (including phenoxy) is 1. The Kier molecular flexibility index (Phi) is 5.82. The first kappa shape index (κ1) is 15.6. The van der Waals surface area contributed by atoms with Gasteiger partial charge in [-0.1, -0.05) is 63.2 Å². The van der Waals surface area contributed by atoms with Crippen molar-refractivity contribution in [2.45, 2.75) is 32.7 Å². The highest BCUT2D eigenvalue weighted by Crippen LogP contribution is 2.20. The van der Waals surface area contributed by atoms with Gasteiger partial charge < -0.3 is 10.1 Å². The molecule has 2 aromatic carbocycles. The molecule has 1 unspecified atom stereocenters. The van der Waals surface area contributed by atoms with Crippen LogP contribution in [0.5, 0.6) is 5.75 Å². The maximum atomic E-state index is 5.95. The van der Waals surface area contributed by atoms with Crippen LogP contribution in [0.3, 0.4) is 0 Å². The molecule has 0 heterocycles. The van der Waals surface area contributed by atoms with Gasteiger partial charge in [0, 0.05) is 0 Å². The monoisotopic (exact) mass is 283 g/mol. The molecular weight excluding hydrogens is 258 g/mol. The summed E-state index contributed by atoms with van der Waals surface area (Å²) in [6.45, 7) is 8.08. The van der Waals surface area contributed by atoms with Crippen LogP contribution in [-0.4, -0.2) is 13.2 Å². The molecular formula is C19H25NO. The lowest BCUT2D eigenvalue weighted by Crippen LogP contribution is -2.26. The molecule has 0 amide bonds. The van der Waals surface area contributed by atoms with E-state index in [0.717, 1.165) is 12.3 Å². The van der Waals surface area contributed by atoms with Gasteiger partial charge >= 0.3 is 0 Å². The lowest BCUT2D eigenvalue weighted by Gasteiger charge is -2.19. The van der Waals surface area contributed by atoms with E-state index in [2.05, 4.69) is 74.6 Å². The topological polar surface area (TPSA) is 21.3 Å². The number of benzene rings is 2. The molecule has 2 aromatic rings. The van der Waals surface area contributed by atoms with E-state index in [4.69, 9.17) is 4.74 Å². The molecule has 2 rings (SSSR count). The molecule has 21 heavy (non-hydrogen) atoms. The van der Waals surface area contributed by atoms with Gasteiger partial charge in [-0.15, -0.1) is 0 Å². The Hall–Kier alpha value is -1.80. The smallest absolute Gasteiger partial charge is 0.119 e. The van der Waals surface area contributed by atoms with Crippen molar-refractivity contribution in [3.8, 4) is 5.75 Å². The molecule has 0 spiro atoms. The first-order chi connectivity index (χ1) is 10.2. The molecule has 1 atom stereocenters. The Labute approximate surface area is 128 Å². The predicted molar refractivity (Wildman–Crippen MR) is 88.9 cm³/mol. The Bertz CT molecular complexity index is 519. The normalized spacial score (nSPS) is 12.4. The molecule has 0 fully saturated rings. The van der Waals surface area contributed by atoms with Gasteiger partial charge in [0.2, 0.25) is 0 Å². The molecule has 2 nitrogen and oxygen atoms in total. The van der Waals surface area contributed by atoms with E-state index >= 15 is 0 Å². The fraction of sp³-hybridized carbons (Fsp3) is 0.368. The average molecular weight is 283 g/mol. The third-order valence-electron chi connectivity index (χ3n) is 3.62. The number of hydrogen-bond acceptors (Lipinski definition) is 2. The standard InChI is InChI=1S/C19H25NO/c1-4-20-19(17-8-6-5-7-9-17)14-21-18-12-10-16(11-13-18)15(2)3/h5-13,15,19-20H,4,14H2,1-3H3. The van der Waals surface area contributed by atoms with Gasteiger partial charge in [0.15, 0.2) is 0 Å². The number of likely N-dealkylation sites (N-methyl/N-ethyl adjacent to an activating group) is 1. The van der Waals surface area contributed by atoms with Crippen molar-refractivity contribution in [3.05, 3.63) is 65.7 Å². The van der Waals surface area contributed by atoms with Crippen LogP contribution in [0.1, 0.15) is 43.9 Å². The second-order valence-electron chi connectivity index (χ2n) is 5.56. The maximum Gasteiger partial charge on any atom is 0.119 e. The molecule has 0 aliphatic rings. The minimum Gasteiger partial charge on any atom is -0.492 e. The van der Waals surface area contributed by atoms with Gasteiger partial charge in [0.25, 0.3) is 0 Å². The summed E-state index contributed by atoms with van der Waals surface area (Å²) >= 11 is 0. The predicted octanol–water partition coefficient (Wildman–Crippen LogP) is 4.54. The first-order valence-corrected chi connectivity index (χ1v) is 7.71. The fourth-order valence-corrected chi connectivity index (χ4v) is 2.33. The second kappa shape index (κ2) is 7.84. The highest BCUT2D eigenvalue weighted by molar-refractivity contribution is 5.29. The molecule has 1 N–H and O–H groups in total.